The Kier molecular flexibility index (Phi) is 4.65. The van der Waals surface area contributed by atoms with Crippen molar-refractivity contribution in [1.29, 1.82) is 0 Å². The summed E-state index contributed by atoms with van der Waals surface area (Å²) < 4.78 is 0. The Balaban J connectivity index is 1.81. The number of rotatable bonds is 3. The van der Waals surface area contributed by atoms with Crippen molar-refractivity contribution in [2.75, 3.05) is 29.5 Å². The van der Waals surface area contributed by atoms with Crippen molar-refractivity contribution in [3.63, 3.8) is 0 Å². The first-order valence-electron chi connectivity index (χ1n) is 8.51. The van der Waals surface area contributed by atoms with E-state index in [2.05, 4.69) is 46.3 Å². The number of anilines is 1. The van der Waals surface area contributed by atoms with E-state index >= 15 is 0 Å². The topological polar surface area (TPSA) is 41.9 Å². The zero-order valence-corrected chi connectivity index (χ0v) is 15.0. The third-order valence-electron chi connectivity index (χ3n) is 4.34. The van der Waals surface area contributed by atoms with Crippen LogP contribution >= 0.6 is 11.8 Å². The normalized spacial score (nSPS) is 14.5. The molecule has 0 spiro atoms. The number of aryl methyl sites for hydroxylation is 1. The summed E-state index contributed by atoms with van der Waals surface area (Å²) in [6.07, 6.45) is 0. The summed E-state index contributed by atoms with van der Waals surface area (Å²) >= 11 is 1.99. The van der Waals surface area contributed by atoms with Gasteiger partial charge in [-0.15, -0.1) is 10.2 Å². The second-order valence-electron chi connectivity index (χ2n) is 6.14. The third kappa shape index (κ3) is 3.51. The van der Waals surface area contributed by atoms with Crippen LogP contribution in [0.15, 0.2) is 54.6 Å². The molecule has 0 unspecified atom stereocenters. The minimum Gasteiger partial charge on any atom is -0.353 e. The zero-order chi connectivity index (χ0) is 17.1. The van der Waals surface area contributed by atoms with Crippen LogP contribution in [0.2, 0.25) is 0 Å². The monoisotopic (exact) mass is 348 g/mol. The highest BCUT2D eigenvalue weighted by Crippen LogP contribution is 2.30. The molecule has 0 amide bonds. The van der Waals surface area contributed by atoms with Crippen LogP contribution in [0.5, 0.6) is 0 Å². The van der Waals surface area contributed by atoms with Crippen molar-refractivity contribution >= 4 is 17.6 Å². The molecule has 1 saturated heterocycles. The van der Waals surface area contributed by atoms with Crippen LogP contribution in [0, 0.1) is 6.92 Å². The first-order valence-corrected chi connectivity index (χ1v) is 9.66. The van der Waals surface area contributed by atoms with Gasteiger partial charge in [0.1, 0.15) is 5.69 Å². The molecule has 0 saturated carbocycles. The maximum atomic E-state index is 4.91. The van der Waals surface area contributed by atoms with Gasteiger partial charge >= 0.3 is 0 Å². The Labute approximate surface area is 152 Å². The van der Waals surface area contributed by atoms with Gasteiger partial charge in [-0.1, -0.05) is 60.2 Å². The van der Waals surface area contributed by atoms with E-state index < -0.39 is 0 Å². The number of hydrogen-bond acceptors (Lipinski definition) is 5. The van der Waals surface area contributed by atoms with Crippen molar-refractivity contribution in [2.45, 2.75) is 6.92 Å². The van der Waals surface area contributed by atoms with Gasteiger partial charge in [-0.25, -0.2) is 4.98 Å². The van der Waals surface area contributed by atoms with Crippen LogP contribution in [0.4, 0.5) is 5.82 Å². The third-order valence-corrected chi connectivity index (χ3v) is 5.28. The Bertz CT molecular complexity index is 843. The maximum absolute atomic E-state index is 4.91. The molecule has 3 aromatic rings. The lowest BCUT2D eigenvalue weighted by Gasteiger charge is -2.28. The summed E-state index contributed by atoms with van der Waals surface area (Å²) in [6, 6.07) is 18.5. The van der Waals surface area contributed by atoms with E-state index in [4.69, 9.17) is 4.98 Å². The highest BCUT2D eigenvalue weighted by Gasteiger charge is 2.20. The molecule has 5 heteroatoms. The minimum absolute atomic E-state index is 0.685. The molecule has 1 aromatic heterocycles. The van der Waals surface area contributed by atoms with E-state index in [1.807, 2.05) is 42.1 Å². The molecular weight excluding hydrogens is 328 g/mol. The van der Waals surface area contributed by atoms with Gasteiger partial charge < -0.3 is 4.90 Å². The van der Waals surface area contributed by atoms with Crippen LogP contribution in [0.3, 0.4) is 0 Å². The van der Waals surface area contributed by atoms with Crippen LogP contribution < -0.4 is 4.90 Å². The van der Waals surface area contributed by atoms with Gasteiger partial charge in [-0.3, -0.25) is 0 Å². The molecule has 1 fully saturated rings. The number of hydrogen-bond donors (Lipinski definition) is 0. The molecule has 2 aromatic carbocycles. The summed E-state index contributed by atoms with van der Waals surface area (Å²) in [5.74, 6) is 3.87. The molecule has 0 atom stereocenters. The highest BCUT2D eigenvalue weighted by atomic mass is 32.2. The maximum Gasteiger partial charge on any atom is 0.183 e. The van der Waals surface area contributed by atoms with Gasteiger partial charge in [0.25, 0.3) is 0 Å². The Morgan fingerprint density at radius 2 is 1.56 bits per heavy atom. The Morgan fingerprint density at radius 1 is 0.840 bits per heavy atom. The lowest BCUT2D eigenvalue weighted by molar-refractivity contribution is 0.824. The molecule has 0 aliphatic carbocycles. The van der Waals surface area contributed by atoms with Crippen molar-refractivity contribution in [2.24, 2.45) is 0 Å². The summed E-state index contributed by atoms with van der Waals surface area (Å²) in [6.45, 7) is 4.09. The molecule has 4 nitrogen and oxygen atoms in total. The fourth-order valence-electron chi connectivity index (χ4n) is 2.92. The van der Waals surface area contributed by atoms with Crippen molar-refractivity contribution < 1.29 is 0 Å². The fraction of sp³-hybridized carbons (Fsp3) is 0.250. The van der Waals surface area contributed by atoms with Crippen LogP contribution in [-0.4, -0.2) is 39.8 Å². The van der Waals surface area contributed by atoms with E-state index in [1.165, 1.54) is 5.56 Å². The number of thioether (sulfide) groups is 1. The zero-order valence-electron chi connectivity index (χ0n) is 14.2. The molecule has 0 N–H and O–H groups in total. The summed E-state index contributed by atoms with van der Waals surface area (Å²) in [7, 11) is 0. The number of aromatic nitrogens is 3. The van der Waals surface area contributed by atoms with Gasteiger partial charge in [-0.2, -0.15) is 11.8 Å². The van der Waals surface area contributed by atoms with Gasteiger partial charge in [0, 0.05) is 35.7 Å². The highest BCUT2D eigenvalue weighted by molar-refractivity contribution is 7.99. The molecule has 2 heterocycles. The van der Waals surface area contributed by atoms with Crippen LogP contribution in [-0.2, 0) is 0 Å². The summed E-state index contributed by atoms with van der Waals surface area (Å²) in [5, 5.41) is 8.98. The summed E-state index contributed by atoms with van der Waals surface area (Å²) in [4.78, 5) is 7.25. The lowest BCUT2D eigenvalue weighted by Crippen LogP contribution is -2.34. The largest absolute Gasteiger partial charge is 0.353 e. The fourth-order valence-corrected chi connectivity index (χ4v) is 3.82. The van der Waals surface area contributed by atoms with Gasteiger partial charge in [0.15, 0.2) is 11.6 Å². The SMILES string of the molecule is Cc1ccc(-c2nnc(-c3ccccc3)nc2N2CCSCC2)cc1. The van der Waals surface area contributed by atoms with Gasteiger partial charge in [0.05, 0.1) is 0 Å². The van der Waals surface area contributed by atoms with Crippen LogP contribution in [0.1, 0.15) is 5.56 Å². The van der Waals surface area contributed by atoms with E-state index in [1.54, 1.807) is 0 Å². The molecular formula is C20H20N4S. The lowest BCUT2D eigenvalue weighted by atomic mass is 10.1. The quantitative estimate of drug-likeness (QED) is 0.714. The predicted molar refractivity (Wildman–Crippen MR) is 105 cm³/mol. The molecule has 1 aliphatic rings. The average molecular weight is 348 g/mol. The molecule has 1 aliphatic heterocycles. The van der Waals surface area contributed by atoms with Crippen molar-refractivity contribution in [3.05, 3.63) is 60.2 Å². The number of nitrogens with zero attached hydrogens (tertiary/aromatic N) is 4. The average Bonchev–Trinajstić information content (AvgIpc) is 2.70. The number of benzene rings is 2. The van der Waals surface area contributed by atoms with E-state index in [9.17, 15) is 0 Å². The molecule has 4 rings (SSSR count). The second kappa shape index (κ2) is 7.23. The molecule has 0 bridgehead atoms. The van der Waals surface area contributed by atoms with E-state index in [-0.39, 0.29) is 0 Å². The van der Waals surface area contributed by atoms with E-state index in [0.29, 0.717) is 5.82 Å². The predicted octanol–water partition coefficient (Wildman–Crippen LogP) is 4.07. The van der Waals surface area contributed by atoms with Crippen molar-refractivity contribution in [1.82, 2.24) is 15.2 Å². The minimum atomic E-state index is 0.685. The van der Waals surface area contributed by atoms with Gasteiger partial charge in [-0.05, 0) is 6.92 Å². The Hall–Kier alpha value is -2.40. The first-order chi connectivity index (χ1) is 12.3. The van der Waals surface area contributed by atoms with Crippen LogP contribution in [0.25, 0.3) is 22.6 Å². The van der Waals surface area contributed by atoms with E-state index in [0.717, 1.165) is 47.2 Å². The first kappa shape index (κ1) is 16.1. The van der Waals surface area contributed by atoms with Gasteiger partial charge in [0.2, 0.25) is 0 Å². The molecule has 25 heavy (non-hydrogen) atoms. The van der Waals surface area contributed by atoms with Crippen molar-refractivity contribution in [3.8, 4) is 22.6 Å². The molecule has 0 radical (unpaired) electrons. The smallest absolute Gasteiger partial charge is 0.183 e. The standard InChI is InChI=1S/C20H20N4S/c1-15-7-9-16(10-8-15)18-20(24-11-13-25-14-12-24)21-19(23-22-18)17-5-3-2-4-6-17/h2-10H,11-14H2,1H3. The molecule has 126 valence electrons. The second-order valence-corrected chi connectivity index (χ2v) is 7.36. The summed E-state index contributed by atoms with van der Waals surface area (Å²) in [5.41, 5.74) is 4.17. The Morgan fingerprint density at radius 3 is 2.28 bits per heavy atom.